The number of alkyl carbamates (subject to hydrolysis) is 2. The number of benzene rings is 2. The fourth-order valence-corrected chi connectivity index (χ4v) is 9.13. The van der Waals surface area contributed by atoms with E-state index in [9.17, 15) is 19.2 Å². The largest absolute Gasteiger partial charge is 0.453 e. The summed E-state index contributed by atoms with van der Waals surface area (Å²) < 4.78 is 9.72. The van der Waals surface area contributed by atoms with Crippen molar-refractivity contribution in [3.8, 4) is 22.5 Å². The van der Waals surface area contributed by atoms with E-state index in [4.69, 9.17) is 24.4 Å². The average molecular weight is 836 g/mol. The second-order valence-corrected chi connectivity index (χ2v) is 16.1. The van der Waals surface area contributed by atoms with Crippen molar-refractivity contribution in [3.05, 3.63) is 115 Å². The third-order valence-electron chi connectivity index (χ3n) is 12.3. The Bertz CT molecular complexity index is 2620. The summed E-state index contributed by atoms with van der Waals surface area (Å²) in [7, 11) is 2.59. The lowest BCUT2D eigenvalue weighted by Gasteiger charge is -2.31. The molecule has 4 amide bonds. The lowest BCUT2D eigenvalue weighted by atomic mass is 9.93. The number of hydrogen-bond acceptors (Lipinski definition) is 9. The van der Waals surface area contributed by atoms with Gasteiger partial charge in [-0.05, 0) is 73.6 Å². The van der Waals surface area contributed by atoms with E-state index >= 15 is 0 Å². The van der Waals surface area contributed by atoms with Crippen molar-refractivity contribution in [3.63, 3.8) is 0 Å². The Morgan fingerprint density at radius 1 is 0.677 bits per heavy atom. The summed E-state index contributed by atoms with van der Waals surface area (Å²) in [6.45, 7) is 1.11. The first-order valence-electron chi connectivity index (χ1n) is 21.2. The lowest BCUT2D eigenvalue weighted by Crippen LogP contribution is -2.51. The number of fused-ring (bicyclic) bond motifs is 2. The maximum atomic E-state index is 14.0. The van der Waals surface area contributed by atoms with Crippen molar-refractivity contribution in [1.29, 1.82) is 0 Å². The van der Waals surface area contributed by atoms with Crippen molar-refractivity contribution in [2.24, 2.45) is 11.8 Å². The second-order valence-electron chi connectivity index (χ2n) is 16.1. The van der Waals surface area contributed by atoms with Crippen LogP contribution < -0.4 is 10.6 Å². The van der Waals surface area contributed by atoms with Gasteiger partial charge in [-0.1, -0.05) is 72.9 Å². The molecule has 4 aliphatic rings. The number of nitrogens with zero attached hydrogens (tertiary/aromatic N) is 5. The number of carbonyl (C=O) groups is 4. The summed E-state index contributed by atoms with van der Waals surface area (Å²) in [6.07, 6.45) is 21.0. The average Bonchev–Trinajstić information content (AvgIpc) is 4.16. The standard InChI is InChI=1S/C47H49N9O6/c1-61-46(59)52-39(28-11-5-3-6-12-28)44(57)55-23-9-15-37(55)42-48-27-36(51-42)33-20-18-30-25-32(19-17-31(30)26-33)34-21-22-35-41(49-34)54-43(50-35)38-16-10-24-56(38)45(58)40(53-47(60)62-2)29-13-7-4-8-14-29/h5-8,11-14,17-22,25-29,37-40H,3-4,9-10,15-16,23-24H2,1-2H3,(H,48,51)(H,52,59)(H,53,60)(H,49,50,54)/t37-,38-,39-,40-/m0/s1. The number of H-pyrrole nitrogens is 2. The molecular weight excluding hydrogens is 787 g/mol. The SMILES string of the molecule is COC(=O)N[C@H](C(=O)N1CCC[C@H]1c1ncc(-c2ccc3cc(-c4ccc5[nH]c([C@@H]6CCCN6C(=O)[C@@H](NC(=O)OC)C6C=CCC=C6)nc5n4)ccc3c2)[nH]1)C1C=CCC=C1. The maximum absolute atomic E-state index is 14.0. The van der Waals surface area contributed by atoms with Gasteiger partial charge in [0.1, 0.15) is 23.7 Å². The van der Waals surface area contributed by atoms with Gasteiger partial charge in [-0.25, -0.2) is 24.5 Å². The molecule has 2 aliphatic carbocycles. The number of methoxy groups -OCH3 is 2. The Kier molecular flexibility index (Phi) is 11.4. The van der Waals surface area contributed by atoms with Gasteiger partial charge in [0.2, 0.25) is 11.8 Å². The molecule has 2 fully saturated rings. The van der Waals surface area contributed by atoms with Crippen LogP contribution in [-0.4, -0.2) is 98.1 Å². The fourth-order valence-electron chi connectivity index (χ4n) is 9.13. The van der Waals surface area contributed by atoms with Gasteiger partial charge in [0.25, 0.3) is 0 Å². The van der Waals surface area contributed by atoms with Crippen LogP contribution in [0.4, 0.5) is 9.59 Å². The highest BCUT2D eigenvalue weighted by atomic mass is 16.5. The highest BCUT2D eigenvalue weighted by molar-refractivity contribution is 5.91. The van der Waals surface area contributed by atoms with E-state index in [1.54, 1.807) is 4.90 Å². The van der Waals surface area contributed by atoms with E-state index in [-0.39, 0.29) is 35.7 Å². The summed E-state index contributed by atoms with van der Waals surface area (Å²) in [5.41, 5.74) is 4.85. The highest BCUT2D eigenvalue weighted by Crippen LogP contribution is 2.36. The zero-order valence-electron chi connectivity index (χ0n) is 34.6. The predicted octanol–water partition coefficient (Wildman–Crippen LogP) is 7.21. The maximum Gasteiger partial charge on any atom is 0.407 e. The predicted molar refractivity (Wildman–Crippen MR) is 233 cm³/mol. The molecule has 318 valence electrons. The van der Waals surface area contributed by atoms with E-state index in [0.29, 0.717) is 30.4 Å². The first-order chi connectivity index (χ1) is 30.3. The Morgan fingerprint density at radius 2 is 1.23 bits per heavy atom. The normalized spacial score (nSPS) is 19.9. The molecule has 2 aromatic carbocycles. The van der Waals surface area contributed by atoms with Crippen LogP contribution in [0.3, 0.4) is 0 Å². The number of amides is 4. The van der Waals surface area contributed by atoms with Crippen LogP contribution in [0.2, 0.25) is 0 Å². The van der Waals surface area contributed by atoms with Crippen LogP contribution >= 0.6 is 0 Å². The van der Waals surface area contributed by atoms with Crippen LogP contribution in [0.15, 0.2) is 103 Å². The van der Waals surface area contributed by atoms with Gasteiger partial charge >= 0.3 is 12.2 Å². The number of imidazole rings is 2. The van der Waals surface area contributed by atoms with E-state index in [0.717, 1.165) is 77.3 Å². The van der Waals surface area contributed by atoms with Crippen LogP contribution in [0.1, 0.15) is 62.3 Å². The van der Waals surface area contributed by atoms with E-state index in [1.165, 1.54) is 14.2 Å². The molecule has 0 saturated carbocycles. The molecule has 15 heteroatoms. The summed E-state index contributed by atoms with van der Waals surface area (Å²) in [5.74, 6) is 0.463. The molecule has 62 heavy (non-hydrogen) atoms. The molecule has 0 spiro atoms. The van der Waals surface area contributed by atoms with Gasteiger partial charge in [-0.2, -0.15) is 0 Å². The molecule has 5 aromatic rings. The molecule has 0 radical (unpaired) electrons. The van der Waals surface area contributed by atoms with Gasteiger partial charge in [-0.3, -0.25) is 9.59 Å². The number of rotatable bonds is 10. The molecule has 4 N–H and O–H groups in total. The molecule has 2 saturated heterocycles. The minimum absolute atomic E-state index is 0.169. The van der Waals surface area contributed by atoms with Crippen LogP contribution in [0, 0.1) is 11.8 Å². The van der Waals surface area contributed by atoms with Crippen molar-refractivity contribution < 1.29 is 28.7 Å². The quantitative estimate of drug-likeness (QED) is 0.106. The van der Waals surface area contributed by atoms with Gasteiger partial charge in [0, 0.05) is 36.1 Å². The van der Waals surface area contributed by atoms with Crippen molar-refractivity contribution in [2.45, 2.75) is 62.7 Å². The molecule has 2 aliphatic heterocycles. The zero-order valence-corrected chi connectivity index (χ0v) is 34.6. The molecule has 4 atom stereocenters. The Balaban J connectivity index is 0.908. The molecule has 0 bridgehead atoms. The van der Waals surface area contributed by atoms with Gasteiger partial charge in [-0.15, -0.1) is 0 Å². The number of aromatic nitrogens is 5. The van der Waals surface area contributed by atoms with Crippen molar-refractivity contribution >= 4 is 45.9 Å². The minimum atomic E-state index is -0.801. The van der Waals surface area contributed by atoms with E-state index in [1.807, 2.05) is 77.9 Å². The van der Waals surface area contributed by atoms with Gasteiger partial charge < -0.3 is 39.9 Å². The first kappa shape index (κ1) is 40.4. The molecule has 9 rings (SSSR count). The number of hydrogen-bond donors (Lipinski definition) is 4. The topological polar surface area (TPSA) is 188 Å². The van der Waals surface area contributed by atoms with Crippen molar-refractivity contribution in [1.82, 2.24) is 45.4 Å². The molecule has 5 heterocycles. The fraction of sp³-hybridized carbons (Fsp3) is 0.340. The summed E-state index contributed by atoms with van der Waals surface area (Å²) in [6, 6.07) is 14.3. The number of carbonyl (C=O) groups excluding carboxylic acids is 4. The van der Waals surface area contributed by atoms with Crippen LogP contribution in [0.25, 0.3) is 44.5 Å². The Morgan fingerprint density at radius 3 is 1.81 bits per heavy atom. The van der Waals surface area contributed by atoms with Gasteiger partial charge in [0.15, 0.2) is 5.65 Å². The van der Waals surface area contributed by atoms with E-state index in [2.05, 4.69) is 50.9 Å². The molecule has 0 unspecified atom stereocenters. The highest BCUT2D eigenvalue weighted by Gasteiger charge is 2.40. The number of likely N-dealkylation sites (tertiary alicyclic amines) is 2. The Labute approximate surface area is 358 Å². The number of aromatic amines is 2. The van der Waals surface area contributed by atoms with Crippen LogP contribution in [0.5, 0.6) is 0 Å². The second kappa shape index (κ2) is 17.5. The lowest BCUT2D eigenvalue weighted by molar-refractivity contribution is -0.135. The number of ether oxygens (including phenoxy) is 2. The molecule has 15 nitrogen and oxygen atoms in total. The zero-order chi connectivity index (χ0) is 42.7. The number of pyridine rings is 1. The smallest absolute Gasteiger partial charge is 0.407 e. The minimum Gasteiger partial charge on any atom is -0.453 e. The number of nitrogens with one attached hydrogen (secondary N) is 4. The third-order valence-corrected chi connectivity index (χ3v) is 12.3. The number of allylic oxidation sites excluding steroid dienone is 4. The van der Waals surface area contributed by atoms with Crippen molar-refractivity contribution in [2.75, 3.05) is 27.3 Å². The molecular formula is C47H49N9O6. The summed E-state index contributed by atoms with van der Waals surface area (Å²) in [5, 5.41) is 7.61. The Hall–Kier alpha value is -7.03. The first-order valence-corrected chi connectivity index (χ1v) is 21.2. The van der Waals surface area contributed by atoms with Crippen LogP contribution in [-0.2, 0) is 19.1 Å². The van der Waals surface area contributed by atoms with Gasteiger partial charge in [0.05, 0.1) is 49.4 Å². The van der Waals surface area contributed by atoms with E-state index < -0.39 is 24.3 Å². The summed E-state index contributed by atoms with van der Waals surface area (Å²) in [4.78, 5) is 77.7. The molecule has 3 aromatic heterocycles. The third kappa shape index (κ3) is 8.09. The summed E-state index contributed by atoms with van der Waals surface area (Å²) >= 11 is 0. The monoisotopic (exact) mass is 835 g/mol.